The minimum atomic E-state index is 0.807. The molecule has 4 nitrogen and oxygen atoms in total. The van der Waals surface area contributed by atoms with Crippen LogP contribution < -0.4 is 5.32 Å². The minimum absolute atomic E-state index is 0.807. The maximum absolute atomic E-state index is 4.40. The van der Waals surface area contributed by atoms with Gasteiger partial charge in [-0.15, -0.1) is 0 Å². The Labute approximate surface area is 131 Å². The molecule has 0 aliphatic carbocycles. The van der Waals surface area contributed by atoms with Crippen LogP contribution in [0, 0.1) is 0 Å². The van der Waals surface area contributed by atoms with Crippen molar-refractivity contribution in [2.45, 2.75) is 6.54 Å². The van der Waals surface area contributed by atoms with Crippen molar-refractivity contribution in [3.8, 4) is 0 Å². The topological polar surface area (TPSA) is 31.4 Å². The second-order valence-corrected chi connectivity index (χ2v) is 6.67. The second kappa shape index (κ2) is 7.69. The van der Waals surface area contributed by atoms with Crippen molar-refractivity contribution in [1.82, 2.24) is 20.1 Å². The lowest BCUT2D eigenvalue weighted by atomic mass is 10.3. The average Bonchev–Trinajstić information content (AvgIpc) is 2.39. The highest BCUT2D eigenvalue weighted by molar-refractivity contribution is 9.11. The standard InChI is InChI=1S/C13H20Br2N4/c1-18-4-6-19(7-5-18)3-2-16-10-13-12(15)8-11(14)9-17-13/h8-9,16H,2-7,10H2,1H3. The van der Waals surface area contributed by atoms with Crippen LogP contribution in [-0.2, 0) is 6.54 Å². The first kappa shape index (κ1) is 15.4. The SMILES string of the molecule is CN1CCN(CCNCc2ncc(Br)cc2Br)CC1. The zero-order valence-electron chi connectivity index (χ0n) is 11.2. The molecular weight excluding hydrogens is 372 g/mol. The van der Waals surface area contributed by atoms with Gasteiger partial charge in [-0.3, -0.25) is 9.88 Å². The molecule has 106 valence electrons. The van der Waals surface area contributed by atoms with E-state index in [-0.39, 0.29) is 0 Å². The van der Waals surface area contributed by atoms with E-state index >= 15 is 0 Å². The average molecular weight is 392 g/mol. The Morgan fingerprint density at radius 2 is 2.00 bits per heavy atom. The van der Waals surface area contributed by atoms with Gasteiger partial charge in [-0.2, -0.15) is 0 Å². The zero-order chi connectivity index (χ0) is 13.7. The number of piperazine rings is 1. The van der Waals surface area contributed by atoms with Crippen molar-refractivity contribution in [3.63, 3.8) is 0 Å². The number of aromatic nitrogens is 1. The van der Waals surface area contributed by atoms with Crippen LogP contribution in [0.25, 0.3) is 0 Å². The van der Waals surface area contributed by atoms with E-state index < -0.39 is 0 Å². The van der Waals surface area contributed by atoms with Gasteiger partial charge < -0.3 is 10.2 Å². The van der Waals surface area contributed by atoms with E-state index in [9.17, 15) is 0 Å². The molecule has 0 saturated carbocycles. The number of hydrogen-bond acceptors (Lipinski definition) is 4. The summed E-state index contributed by atoms with van der Waals surface area (Å²) in [6, 6.07) is 2.03. The van der Waals surface area contributed by atoms with E-state index in [1.807, 2.05) is 12.3 Å². The predicted octanol–water partition coefficient (Wildman–Crippen LogP) is 1.94. The molecule has 0 radical (unpaired) electrons. The molecule has 0 unspecified atom stereocenters. The van der Waals surface area contributed by atoms with Gasteiger partial charge in [0, 0.05) is 61.0 Å². The molecule has 1 aliphatic rings. The summed E-state index contributed by atoms with van der Waals surface area (Å²) in [7, 11) is 2.19. The Kier molecular flexibility index (Phi) is 6.22. The number of pyridine rings is 1. The fraction of sp³-hybridized carbons (Fsp3) is 0.615. The highest BCUT2D eigenvalue weighted by atomic mass is 79.9. The summed E-state index contributed by atoms with van der Waals surface area (Å²) in [5, 5.41) is 3.46. The van der Waals surface area contributed by atoms with E-state index in [0.717, 1.165) is 34.3 Å². The number of likely N-dealkylation sites (N-methyl/N-ethyl adjacent to an activating group) is 1. The highest BCUT2D eigenvalue weighted by Crippen LogP contribution is 2.19. The molecule has 19 heavy (non-hydrogen) atoms. The number of rotatable bonds is 5. The van der Waals surface area contributed by atoms with Crippen LogP contribution in [0.5, 0.6) is 0 Å². The Morgan fingerprint density at radius 3 is 2.68 bits per heavy atom. The quantitative estimate of drug-likeness (QED) is 0.777. The lowest BCUT2D eigenvalue weighted by Crippen LogP contribution is -2.46. The second-order valence-electron chi connectivity index (χ2n) is 4.90. The fourth-order valence-corrected chi connectivity index (χ4v) is 3.22. The van der Waals surface area contributed by atoms with Gasteiger partial charge in [0.2, 0.25) is 0 Å². The minimum Gasteiger partial charge on any atom is -0.310 e. The van der Waals surface area contributed by atoms with Crippen LogP contribution in [0.1, 0.15) is 5.69 Å². The first-order valence-electron chi connectivity index (χ1n) is 6.56. The number of halogens is 2. The molecule has 1 N–H and O–H groups in total. The van der Waals surface area contributed by atoms with Crippen LogP contribution in [0.2, 0.25) is 0 Å². The third-order valence-electron chi connectivity index (χ3n) is 3.38. The van der Waals surface area contributed by atoms with Crippen molar-refractivity contribution >= 4 is 31.9 Å². The fourth-order valence-electron chi connectivity index (χ4n) is 2.09. The highest BCUT2D eigenvalue weighted by Gasteiger charge is 2.12. The summed E-state index contributed by atoms with van der Waals surface area (Å²) in [5.41, 5.74) is 1.06. The monoisotopic (exact) mass is 390 g/mol. The molecule has 1 aromatic rings. The maximum atomic E-state index is 4.40. The number of nitrogens with one attached hydrogen (secondary N) is 1. The van der Waals surface area contributed by atoms with Crippen LogP contribution in [-0.4, -0.2) is 61.1 Å². The molecule has 0 spiro atoms. The lowest BCUT2D eigenvalue weighted by molar-refractivity contribution is 0.154. The molecule has 0 aromatic carbocycles. The first-order chi connectivity index (χ1) is 9.15. The van der Waals surface area contributed by atoms with Crippen molar-refractivity contribution in [3.05, 3.63) is 26.9 Å². The van der Waals surface area contributed by atoms with Crippen molar-refractivity contribution in [1.29, 1.82) is 0 Å². The van der Waals surface area contributed by atoms with Gasteiger partial charge in [0.1, 0.15) is 0 Å². The van der Waals surface area contributed by atoms with Crippen LogP contribution in [0.15, 0.2) is 21.2 Å². The van der Waals surface area contributed by atoms with E-state index in [4.69, 9.17) is 0 Å². The normalized spacial score (nSPS) is 17.8. The van der Waals surface area contributed by atoms with E-state index in [2.05, 4.69) is 59.0 Å². The summed E-state index contributed by atoms with van der Waals surface area (Å²) in [6.07, 6.45) is 1.84. The van der Waals surface area contributed by atoms with Crippen molar-refractivity contribution in [2.24, 2.45) is 0 Å². The third kappa shape index (κ3) is 5.11. The van der Waals surface area contributed by atoms with Gasteiger partial charge in [-0.25, -0.2) is 0 Å². The Balaban J connectivity index is 1.66. The molecule has 1 fully saturated rings. The van der Waals surface area contributed by atoms with Crippen LogP contribution in [0.4, 0.5) is 0 Å². The maximum Gasteiger partial charge on any atom is 0.0684 e. The summed E-state index contributed by atoms with van der Waals surface area (Å²) < 4.78 is 2.05. The molecular formula is C13H20Br2N4. The number of nitrogens with zero attached hydrogens (tertiary/aromatic N) is 3. The molecule has 2 heterocycles. The van der Waals surface area contributed by atoms with Crippen LogP contribution in [0.3, 0.4) is 0 Å². The zero-order valence-corrected chi connectivity index (χ0v) is 14.4. The van der Waals surface area contributed by atoms with Crippen LogP contribution >= 0.6 is 31.9 Å². The van der Waals surface area contributed by atoms with Crippen molar-refractivity contribution in [2.75, 3.05) is 46.3 Å². The molecule has 1 aromatic heterocycles. The lowest BCUT2D eigenvalue weighted by Gasteiger charge is -2.32. The van der Waals surface area contributed by atoms with E-state index in [1.165, 1.54) is 26.2 Å². The molecule has 0 amide bonds. The molecule has 1 aliphatic heterocycles. The molecule has 6 heteroatoms. The molecule has 0 atom stereocenters. The molecule has 0 bridgehead atoms. The predicted molar refractivity (Wildman–Crippen MR) is 85.3 cm³/mol. The van der Waals surface area contributed by atoms with Gasteiger partial charge in [-0.05, 0) is 45.0 Å². The van der Waals surface area contributed by atoms with E-state index in [1.54, 1.807) is 0 Å². The summed E-state index contributed by atoms with van der Waals surface area (Å²) in [4.78, 5) is 9.29. The van der Waals surface area contributed by atoms with Gasteiger partial charge in [0.25, 0.3) is 0 Å². The molecule has 1 saturated heterocycles. The summed E-state index contributed by atoms with van der Waals surface area (Å²) in [5.74, 6) is 0. The smallest absolute Gasteiger partial charge is 0.0684 e. The van der Waals surface area contributed by atoms with Gasteiger partial charge in [0.15, 0.2) is 0 Å². The third-order valence-corrected chi connectivity index (χ3v) is 4.50. The van der Waals surface area contributed by atoms with Gasteiger partial charge in [-0.1, -0.05) is 0 Å². The Morgan fingerprint density at radius 1 is 1.26 bits per heavy atom. The Bertz CT molecular complexity index is 406. The van der Waals surface area contributed by atoms with Crippen molar-refractivity contribution < 1.29 is 0 Å². The largest absolute Gasteiger partial charge is 0.310 e. The summed E-state index contributed by atoms with van der Waals surface area (Å²) >= 11 is 6.95. The van der Waals surface area contributed by atoms with Gasteiger partial charge >= 0.3 is 0 Å². The first-order valence-corrected chi connectivity index (χ1v) is 8.15. The van der Waals surface area contributed by atoms with E-state index in [0.29, 0.717) is 0 Å². The number of hydrogen-bond donors (Lipinski definition) is 1. The Hall–Kier alpha value is -0.0100. The summed E-state index contributed by atoms with van der Waals surface area (Å²) in [6.45, 7) is 7.65. The van der Waals surface area contributed by atoms with Gasteiger partial charge in [0.05, 0.1) is 5.69 Å². The molecule has 2 rings (SSSR count).